The maximum atomic E-state index is 13.4. The van der Waals surface area contributed by atoms with Crippen molar-refractivity contribution in [3.8, 4) is 0 Å². The largest absolute Gasteiger partial charge is 0.351 e. The van der Waals surface area contributed by atoms with E-state index in [0.717, 1.165) is 64.2 Å². The van der Waals surface area contributed by atoms with Crippen LogP contribution in [0.3, 0.4) is 0 Å². The number of fused-ring (bicyclic) bond motifs is 1. The molecule has 8 nitrogen and oxygen atoms in total. The Labute approximate surface area is 184 Å². The van der Waals surface area contributed by atoms with Crippen LogP contribution in [0.4, 0.5) is 0 Å². The van der Waals surface area contributed by atoms with Crippen LogP contribution in [0.1, 0.15) is 99.0 Å². The maximum absolute atomic E-state index is 13.4. The zero-order valence-corrected chi connectivity index (χ0v) is 18.8. The fourth-order valence-corrected chi connectivity index (χ4v) is 5.16. The first-order chi connectivity index (χ1) is 14.9. The van der Waals surface area contributed by atoms with Crippen molar-refractivity contribution in [3.05, 3.63) is 17.5 Å². The number of carbonyl (C=O) groups excluding carboxylic acids is 3. The second-order valence-electron chi connectivity index (χ2n) is 9.57. The number of aromatic nitrogens is 2. The Kier molecular flexibility index (Phi) is 6.34. The van der Waals surface area contributed by atoms with E-state index in [0.29, 0.717) is 12.2 Å². The third kappa shape index (κ3) is 4.34. The average molecular weight is 430 g/mol. The number of amides is 3. The van der Waals surface area contributed by atoms with Crippen molar-refractivity contribution in [1.82, 2.24) is 25.3 Å². The predicted octanol–water partition coefficient (Wildman–Crippen LogP) is 2.63. The molecule has 0 bridgehead atoms. The van der Waals surface area contributed by atoms with Gasteiger partial charge in [-0.05, 0) is 39.0 Å². The molecule has 2 aliphatic carbocycles. The van der Waals surface area contributed by atoms with E-state index in [1.54, 1.807) is 15.6 Å². The molecule has 0 spiro atoms. The summed E-state index contributed by atoms with van der Waals surface area (Å²) in [5.41, 5.74) is -0.377. The molecule has 0 aromatic carbocycles. The molecule has 4 rings (SSSR count). The molecular weight excluding hydrogens is 394 g/mol. The number of unbranched alkanes of at least 4 members (excludes halogenated alkanes) is 1. The summed E-state index contributed by atoms with van der Waals surface area (Å²) in [5, 5.41) is 10.7. The van der Waals surface area contributed by atoms with Crippen molar-refractivity contribution >= 4 is 17.7 Å². The van der Waals surface area contributed by atoms with Gasteiger partial charge in [-0.3, -0.25) is 19.1 Å². The van der Waals surface area contributed by atoms with Gasteiger partial charge in [-0.25, -0.2) is 0 Å². The van der Waals surface area contributed by atoms with Crippen molar-refractivity contribution in [2.24, 2.45) is 0 Å². The molecule has 1 aromatic heterocycles. The highest BCUT2D eigenvalue weighted by molar-refractivity contribution is 6.02. The highest BCUT2D eigenvalue weighted by atomic mass is 16.2. The lowest BCUT2D eigenvalue weighted by Gasteiger charge is -2.43. The minimum atomic E-state index is -1.02. The summed E-state index contributed by atoms with van der Waals surface area (Å²) in [5.74, 6) is -0.586. The summed E-state index contributed by atoms with van der Waals surface area (Å²) < 4.78 is 1.56. The van der Waals surface area contributed by atoms with Gasteiger partial charge in [0.25, 0.3) is 11.8 Å². The predicted molar refractivity (Wildman–Crippen MR) is 117 cm³/mol. The van der Waals surface area contributed by atoms with Crippen LogP contribution >= 0.6 is 0 Å². The first-order valence-electron chi connectivity index (χ1n) is 11.9. The van der Waals surface area contributed by atoms with E-state index >= 15 is 0 Å². The number of nitrogens with zero attached hydrogens (tertiary/aromatic N) is 3. The summed E-state index contributed by atoms with van der Waals surface area (Å²) in [6.45, 7) is 4.67. The normalized spacial score (nSPS) is 24.5. The SMILES string of the molecule is CCCCN1C(=O)c2cc(C(=O)NC3CCCC3)nn2C[C@@]1(C)C(=O)NC1CCCC1. The van der Waals surface area contributed by atoms with E-state index < -0.39 is 5.54 Å². The highest BCUT2D eigenvalue weighted by Gasteiger charge is 2.48. The molecule has 3 amide bonds. The van der Waals surface area contributed by atoms with Gasteiger partial charge in [0.05, 0.1) is 6.54 Å². The summed E-state index contributed by atoms with van der Waals surface area (Å²) in [7, 11) is 0. The van der Waals surface area contributed by atoms with Gasteiger partial charge in [0, 0.05) is 24.7 Å². The maximum Gasteiger partial charge on any atom is 0.273 e. The van der Waals surface area contributed by atoms with E-state index in [4.69, 9.17) is 0 Å². The summed E-state index contributed by atoms with van der Waals surface area (Å²) in [6, 6.07) is 1.95. The summed E-state index contributed by atoms with van der Waals surface area (Å²) in [4.78, 5) is 41.2. The zero-order valence-electron chi connectivity index (χ0n) is 18.8. The molecule has 2 saturated carbocycles. The van der Waals surface area contributed by atoms with Crippen molar-refractivity contribution in [3.63, 3.8) is 0 Å². The molecule has 0 unspecified atom stereocenters. The molecule has 1 atom stereocenters. The molecule has 170 valence electrons. The molecule has 2 heterocycles. The smallest absolute Gasteiger partial charge is 0.273 e. The van der Waals surface area contributed by atoms with E-state index in [9.17, 15) is 14.4 Å². The minimum absolute atomic E-state index is 0.123. The van der Waals surface area contributed by atoms with Crippen LogP contribution in [0.2, 0.25) is 0 Å². The van der Waals surface area contributed by atoms with Crippen molar-refractivity contribution in [1.29, 1.82) is 0 Å². The van der Waals surface area contributed by atoms with Gasteiger partial charge < -0.3 is 15.5 Å². The van der Waals surface area contributed by atoms with Gasteiger partial charge >= 0.3 is 0 Å². The molecule has 0 radical (unpaired) electrons. The Morgan fingerprint density at radius 1 is 1.10 bits per heavy atom. The van der Waals surface area contributed by atoms with Gasteiger partial charge in [0.2, 0.25) is 5.91 Å². The van der Waals surface area contributed by atoms with Crippen LogP contribution in [-0.4, -0.2) is 56.6 Å². The van der Waals surface area contributed by atoms with Gasteiger partial charge in [0.15, 0.2) is 5.69 Å². The van der Waals surface area contributed by atoms with Gasteiger partial charge in [-0.15, -0.1) is 0 Å². The summed E-state index contributed by atoms with van der Waals surface area (Å²) in [6.07, 6.45) is 10.2. The van der Waals surface area contributed by atoms with Crippen LogP contribution in [0.25, 0.3) is 0 Å². The van der Waals surface area contributed by atoms with Gasteiger partial charge in [-0.1, -0.05) is 39.0 Å². The third-order valence-electron chi connectivity index (χ3n) is 7.14. The molecule has 1 aromatic rings. The summed E-state index contributed by atoms with van der Waals surface area (Å²) >= 11 is 0. The van der Waals surface area contributed by atoms with Crippen molar-refractivity contribution in [2.75, 3.05) is 6.54 Å². The number of rotatable bonds is 7. The van der Waals surface area contributed by atoms with E-state index in [1.807, 2.05) is 6.92 Å². The Hall–Kier alpha value is -2.38. The second kappa shape index (κ2) is 9.01. The molecule has 2 fully saturated rings. The van der Waals surface area contributed by atoms with Gasteiger partial charge in [-0.2, -0.15) is 5.10 Å². The lowest BCUT2D eigenvalue weighted by atomic mass is 9.94. The Morgan fingerprint density at radius 3 is 2.32 bits per heavy atom. The molecule has 31 heavy (non-hydrogen) atoms. The van der Waals surface area contributed by atoms with Crippen molar-refractivity contribution < 1.29 is 14.4 Å². The quantitative estimate of drug-likeness (QED) is 0.696. The Balaban J connectivity index is 1.57. The number of hydrogen-bond acceptors (Lipinski definition) is 4. The third-order valence-corrected chi connectivity index (χ3v) is 7.14. The number of carbonyl (C=O) groups is 3. The lowest BCUT2D eigenvalue weighted by molar-refractivity contribution is -0.133. The fraction of sp³-hybridized carbons (Fsp3) is 0.739. The minimum Gasteiger partial charge on any atom is -0.351 e. The number of nitrogens with one attached hydrogen (secondary N) is 2. The molecule has 0 saturated heterocycles. The first-order valence-corrected chi connectivity index (χ1v) is 11.9. The van der Waals surface area contributed by atoms with Crippen LogP contribution in [0.15, 0.2) is 6.07 Å². The van der Waals surface area contributed by atoms with Crippen LogP contribution in [0.5, 0.6) is 0 Å². The number of hydrogen-bond donors (Lipinski definition) is 2. The molecule has 8 heteroatoms. The standard InChI is InChI=1S/C23H35N5O3/c1-3-4-13-27-21(30)19-14-18(20(29)24-16-9-5-6-10-16)26-28(19)15-23(27,2)22(31)25-17-11-7-8-12-17/h14,16-17H,3-13,15H2,1-2H3,(H,24,29)(H,25,31)/t23-/m0/s1. The van der Waals surface area contributed by atoms with Crippen LogP contribution in [-0.2, 0) is 11.3 Å². The van der Waals surface area contributed by atoms with Gasteiger partial charge in [0.1, 0.15) is 11.2 Å². The zero-order chi connectivity index (χ0) is 22.0. The van der Waals surface area contributed by atoms with E-state index in [2.05, 4.69) is 22.7 Å². The first kappa shape index (κ1) is 21.8. The van der Waals surface area contributed by atoms with Crippen LogP contribution in [0, 0.1) is 0 Å². The van der Waals surface area contributed by atoms with E-state index in [1.165, 1.54) is 0 Å². The molecule has 1 aliphatic heterocycles. The van der Waals surface area contributed by atoms with E-state index in [-0.39, 0.29) is 42.0 Å². The molecular formula is C23H35N5O3. The monoisotopic (exact) mass is 429 g/mol. The van der Waals surface area contributed by atoms with Crippen LogP contribution < -0.4 is 10.6 Å². The average Bonchev–Trinajstić information content (AvgIpc) is 3.49. The topological polar surface area (TPSA) is 96.3 Å². The second-order valence-corrected chi connectivity index (χ2v) is 9.57. The highest BCUT2D eigenvalue weighted by Crippen LogP contribution is 2.29. The Bertz CT molecular complexity index is 838. The fourth-order valence-electron chi connectivity index (χ4n) is 5.16. The lowest BCUT2D eigenvalue weighted by Crippen LogP contribution is -2.65. The molecule has 2 N–H and O–H groups in total. The Morgan fingerprint density at radius 2 is 1.71 bits per heavy atom. The van der Waals surface area contributed by atoms with Crippen molar-refractivity contribution in [2.45, 2.75) is 102 Å². The molecule has 3 aliphatic rings.